The largest absolute Gasteiger partial charge is 0.480 e. The Kier molecular flexibility index (Phi) is 11.3. The number of fused-ring (bicyclic) bond motifs is 3. The fraction of sp³-hybridized carbons (Fsp3) is 0.444. The molecule has 282 valence electrons. The van der Waals surface area contributed by atoms with Gasteiger partial charge in [0.05, 0.1) is 12.4 Å². The number of alkyl carbamates (subject to hydrolysis) is 2. The molecule has 2 unspecified atom stereocenters. The van der Waals surface area contributed by atoms with E-state index >= 15 is 0 Å². The number of nitrogens with zero attached hydrogens (tertiary/aromatic N) is 6. The van der Waals surface area contributed by atoms with E-state index in [0.717, 1.165) is 32.9 Å². The number of aliphatic carboxylic acids is 2. The maximum atomic E-state index is 12.1. The van der Waals surface area contributed by atoms with E-state index < -0.39 is 47.4 Å². The van der Waals surface area contributed by atoms with Gasteiger partial charge >= 0.3 is 24.1 Å². The van der Waals surface area contributed by atoms with Crippen molar-refractivity contribution < 1.29 is 38.9 Å². The molecule has 0 spiro atoms. The fourth-order valence-electron chi connectivity index (χ4n) is 5.63. The number of aromatic nitrogens is 7. The average Bonchev–Trinajstić information content (AvgIpc) is 3.80. The lowest BCUT2D eigenvalue weighted by molar-refractivity contribution is -0.140. The third-order valence-corrected chi connectivity index (χ3v) is 8.01. The fourth-order valence-corrected chi connectivity index (χ4v) is 5.63. The number of rotatable bonds is 14. The maximum absolute atomic E-state index is 12.1. The van der Waals surface area contributed by atoms with Crippen LogP contribution in [0, 0.1) is 0 Å². The molecule has 17 heteroatoms. The van der Waals surface area contributed by atoms with E-state index in [1.165, 1.54) is 0 Å². The van der Waals surface area contributed by atoms with Crippen molar-refractivity contribution in [2.24, 2.45) is 0 Å². The minimum atomic E-state index is -1.15. The highest BCUT2D eigenvalue weighted by atomic mass is 16.6. The van der Waals surface area contributed by atoms with Gasteiger partial charge in [0.15, 0.2) is 0 Å². The summed E-state index contributed by atoms with van der Waals surface area (Å²) in [4.78, 5) is 51.0. The Bertz CT molecular complexity index is 1960. The van der Waals surface area contributed by atoms with Crippen LogP contribution in [-0.4, -0.2) is 92.6 Å². The molecule has 0 aliphatic carbocycles. The number of carboxylic acid groups (broad SMARTS) is 2. The van der Waals surface area contributed by atoms with Gasteiger partial charge in [0, 0.05) is 46.0 Å². The van der Waals surface area contributed by atoms with E-state index in [4.69, 9.17) is 9.47 Å². The van der Waals surface area contributed by atoms with E-state index in [9.17, 15) is 29.4 Å². The summed E-state index contributed by atoms with van der Waals surface area (Å²) >= 11 is 0. The van der Waals surface area contributed by atoms with Crippen molar-refractivity contribution in [2.45, 2.75) is 104 Å². The highest BCUT2D eigenvalue weighted by molar-refractivity contribution is 6.09. The Morgan fingerprint density at radius 2 is 1.09 bits per heavy atom. The lowest BCUT2D eigenvalue weighted by Gasteiger charge is -2.22. The van der Waals surface area contributed by atoms with E-state index in [1.807, 2.05) is 36.4 Å². The third kappa shape index (κ3) is 10.5. The Balaban J connectivity index is 1.22. The highest BCUT2D eigenvalue weighted by Gasteiger charge is 2.25. The number of benzene rings is 2. The number of carbonyl (C=O) groups excluding carboxylic acids is 2. The molecule has 17 nitrogen and oxygen atoms in total. The summed E-state index contributed by atoms with van der Waals surface area (Å²) in [5.41, 5.74) is 3.36. The Morgan fingerprint density at radius 3 is 1.45 bits per heavy atom. The van der Waals surface area contributed by atoms with E-state index in [2.05, 4.69) is 36.2 Å². The molecule has 2 amide bonds. The number of hydrogen-bond acceptors (Lipinski definition) is 10. The first-order chi connectivity index (χ1) is 24.9. The van der Waals surface area contributed by atoms with Crippen LogP contribution in [0.2, 0.25) is 0 Å². The Hall–Kier alpha value is -6.00. The van der Waals surface area contributed by atoms with Gasteiger partial charge in [-0.1, -0.05) is 22.6 Å². The van der Waals surface area contributed by atoms with Crippen molar-refractivity contribution in [2.75, 3.05) is 0 Å². The van der Waals surface area contributed by atoms with E-state index in [1.54, 1.807) is 63.3 Å². The standard InChI is InChI=1S/C36H45N9O8/c1-35(2,3)52-33(50)38-27(31(46)47)9-7-15-44-19-29(40-42-44)21-11-13-25-23(17-21)24-18-22(12-14-26(24)37-25)30-20-45(43-41-30)16-8-10-28(32(48)49)39-34(51)53-36(4,5)6/h11-14,17-20,27-28,37H,7-10,15-16H2,1-6H3,(H,38,50)(H,39,51)(H,46,47)(H,48,49). The van der Waals surface area contributed by atoms with Crippen molar-refractivity contribution in [3.05, 3.63) is 48.8 Å². The SMILES string of the molecule is CC(C)(C)OC(=O)NC(CCCn1cc(-c2ccc3[nH]c4ccc(-c5cn(CCCC(NC(=O)OC(C)(C)C)C(=O)O)nn5)cc4c3c2)nn1)C(=O)O. The summed E-state index contributed by atoms with van der Waals surface area (Å²) in [6.45, 7) is 11.0. The zero-order valence-electron chi connectivity index (χ0n) is 30.5. The summed E-state index contributed by atoms with van der Waals surface area (Å²) in [6.07, 6.45) is 3.24. The first-order valence-corrected chi connectivity index (χ1v) is 17.3. The van der Waals surface area contributed by atoms with Crippen LogP contribution < -0.4 is 10.6 Å². The first-order valence-electron chi connectivity index (χ1n) is 17.3. The number of aryl methyl sites for hydroxylation is 2. The lowest BCUT2D eigenvalue weighted by atomic mass is 10.0. The first kappa shape index (κ1) is 38.2. The molecule has 3 aromatic heterocycles. The van der Waals surface area contributed by atoms with Gasteiger partial charge in [-0.2, -0.15) is 0 Å². The monoisotopic (exact) mass is 731 g/mol. The van der Waals surface area contributed by atoms with Gasteiger partial charge in [-0.15, -0.1) is 10.2 Å². The number of carboxylic acids is 2. The van der Waals surface area contributed by atoms with E-state index in [0.29, 0.717) is 37.3 Å². The predicted octanol–water partition coefficient (Wildman–Crippen LogP) is 5.35. The molecule has 2 atom stereocenters. The second-order valence-corrected chi connectivity index (χ2v) is 14.7. The van der Waals surface area contributed by atoms with Crippen LogP contribution in [0.4, 0.5) is 9.59 Å². The van der Waals surface area contributed by atoms with Gasteiger partial charge in [-0.25, -0.2) is 19.2 Å². The number of hydrogen-bond donors (Lipinski definition) is 5. The molecule has 5 aromatic rings. The smallest absolute Gasteiger partial charge is 0.408 e. The van der Waals surface area contributed by atoms with Crippen LogP contribution >= 0.6 is 0 Å². The third-order valence-electron chi connectivity index (χ3n) is 8.01. The van der Waals surface area contributed by atoms with Gasteiger partial charge in [-0.05, 0) is 91.5 Å². The quantitative estimate of drug-likeness (QED) is 0.0973. The molecule has 0 saturated carbocycles. The van der Waals surface area contributed by atoms with Gasteiger partial charge in [0.25, 0.3) is 0 Å². The number of ether oxygens (including phenoxy) is 2. The number of H-pyrrole nitrogens is 1. The number of amides is 2. The van der Waals surface area contributed by atoms with Gasteiger partial charge in [0.2, 0.25) is 0 Å². The van der Waals surface area contributed by atoms with Gasteiger partial charge in [0.1, 0.15) is 34.7 Å². The zero-order valence-corrected chi connectivity index (χ0v) is 30.5. The molecular weight excluding hydrogens is 686 g/mol. The van der Waals surface area contributed by atoms with Gasteiger partial charge < -0.3 is 35.3 Å². The lowest BCUT2D eigenvalue weighted by Crippen LogP contribution is -2.43. The van der Waals surface area contributed by atoms with Crippen molar-refractivity contribution in [3.63, 3.8) is 0 Å². The molecule has 53 heavy (non-hydrogen) atoms. The summed E-state index contributed by atoms with van der Waals surface area (Å²) in [7, 11) is 0. The molecular formula is C36H45N9O8. The molecule has 0 aliphatic rings. The molecule has 2 aromatic carbocycles. The second kappa shape index (κ2) is 15.7. The number of nitrogens with one attached hydrogen (secondary N) is 3. The Labute approximate surface area is 305 Å². The summed E-state index contributed by atoms with van der Waals surface area (Å²) < 4.78 is 13.6. The van der Waals surface area contributed by atoms with Crippen molar-refractivity contribution in [1.82, 2.24) is 45.6 Å². The Morgan fingerprint density at radius 1 is 0.698 bits per heavy atom. The highest BCUT2D eigenvalue weighted by Crippen LogP contribution is 2.32. The normalized spacial score (nSPS) is 13.1. The van der Waals surface area contributed by atoms with Crippen LogP contribution in [0.25, 0.3) is 44.3 Å². The topological polar surface area (TPSA) is 228 Å². The molecule has 0 fully saturated rings. The molecule has 5 N–H and O–H groups in total. The predicted molar refractivity (Wildman–Crippen MR) is 194 cm³/mol. The van der Waals surface area contributed by atoms with Crippen molar-refractivity contribution in [1.29, 1.82) is 0 Å². The van der Waals surface area contributed by atoms with Crippen molar-refractivity contribution in [3.8, 4) is 22.5 Å². The molecule has 0 saturated heterocycles. The van der Waals surface area contributed by atoms with Crippen LogP contribution in [-0.2, 0) is 32.2 Å². The molecule has 3 heterocycles. The zero-order chi connectivity index (χ0) is 38.5. The summed E-state index contributed by atoms with van der Waals surface area (Å²) in [6, 6.07) is 9.69. The number of aromatic amines is 1. The molecule has 0 radical (unpaired) electrons. The number of carbonyl (C=O) groups is 4. The molecule has 0 bridgehead atoms. The van der Waals surface area contributed by atoms with Gasteiger partial charge in [-0.3, -0.25) is 9.36 Å². The minimum absolute atomic E-state index is 0.180. The molecule has 0 aliphatic heterocycles. The summed E-state index contributed by atoms with van der Waals surface area (Å²) in [5, 5.41) is 43.0. The van der Waals surface area contributed by atoms with Crippen LogP contribution in [0.1, 0.15) is 67.2 Å². The molecule has 5 rings (SSSR count). The van der Waals surface area contributed by atoms with E-state index in [-0.39, 0.29) is 12.8 Å². The van der Waals surface area contributed by atoms with Crippen LogP contribution in [0.3, 0.4) is 0 Å². The maximum Gasteiger partial charge on any atom is 0.408 e. The minimum Gasteiger partial charge on any atom is -0.480 e. The second-order valence-electron chi connectivity index (χ2n) is 14.7. The summed E-state index contributed by atoms with van der Waals surface area (Å²) in [5.74, 6) is -2.29. The van der Waals surface area contributed by atoms with Crippen LogP contribution in [0.15, 0.2) is 48.8 Å². The van der Waals surface area contributed by atoms with Crippen molar-refractivity contribution >= 4 is 45.9 Å². The van der Waals surface area contributed by atoms with Crippen LogP contribution in [0.5, 0.6) is 0 Å². The average molecular weight is 732 g/mol.